The van der Waals surface area contributed by atoms with Gasteiger partial charge in [0, 0.05) is 17.3 Å². The number of nitrogens with one attached hydrogen (secondary N) is 1. The van der Waals surface area contributed by atoms with Gasteiger partial charge in [0.15, 0.2) is 11.0 Å². The van der Waals surface area contributed by atoms with E-state index in [0.717, 1.165) is 5.56 Å². The Morgan fingerprint density at radius 2 is 1.90 bits per heavy atom. The smallest absolute Gasteiger partial charge is 0.380 e. The molecule has 1 fully saturated rings. The maximum atomic E-state index is 14.0. The maximum Gasteiger partial charge on any atom is 0.380 e. The highest BCUT2D eigenvalue weighted by molar-refractivity contribution is 7.71. The summed E-state index contributed by atoms with van der Waals surface area (Å²) in [6.45, 7) is 2.44. The predicted molar refractivity (Wildman–Crippen MR) is 152 cm³/mol. The fourth-order valence-corrected chi connectivity index (χ4v) is 6.48. The zero-order valence-corrected chi connectivity index (χ0v) is 24.7. The lowest BCUT2D eigenvalue weighted by molar-refractivity contribution is -0.148. The van der Waals surface area contributed by atoms with Gasteiger partial charge in [-0.2, -0.15) is 0 Å². The van der Waals surface area contributed by atoms with E-state index in [1.807, 2.05) is 30.3 Å². The SMILES string of the molecule is C[C@H](C[P@@](=O)(OC[C@H]1O[C@@H](n2ccc(=O)[nH]c2=S)C(C)(O)[C@H]1O)Oc1ccc(Cl)cc1)C(=O)OCc1ccccc1. The van der Waals surface area contributed by atoms with Gasteiger partial charge in [0.25, 0.3) is 5.56 Å². The summed E-state index contributed by atoms with van der Waals surface area (Å²) in [6.07, 6.45) is -2.89. The number of hydrogen-bond acceptors (Lipinski definition) is 10. The minimum absolute atomic E-state index is 0.0314. The van der Waals surface area contributed by atoms with E-state index in [1.54, 1.807) is 0 Å². The van der Waals surface area contributed by atoms with Crippen molar-refractivity contribution in [1.29, 1.82) is 0 Å². The van der Waals surface area contributed by atoms with E-state index < -0.39 is 55.7 Å². The lowest BCUT2D eigenvalue weighted by atomic mass is 9.96. The molecule has 3 aromatic rings. The maximum absolute atomic E-state index is 14.0. The first kappa shape index (κ1) is 31.1. The molecule has 0 saturated carbocycles. The summed E-state index contributed by atoms with van der Waals surface area (Å²) in [7, 11) is -4.08. The van der Waals surface area contributed by atoms with Crippen LogP contribution in [0.25, 0.3) is 0 Å². The van der Waals surface area contributed by atoms with Crippen molar-refractivity contribution in [3.63, 3.8) is 0 Å². The van der Waals surface area contributed by atoms with E-state index in [2.05, 4.69) is 4.98 Å². The number of aromatic amines is 1. The third kappa shape index (κ3) is 7.72. The molecule has 3 N–H and O–H groups in total. The van der Waals surface area contributed by atoms with Gasteiger partial charge in [0.05, 0.1) is 18.7 Å². The monoisotopic (exact) mass is 624 g/mol. The standard InChI is InChI=1S/C27H30ClN2O9PS/c1-17(24(33)36-14-18-6-4-3-5-7-18)16-40(35,39-20-10-8-19(28)9-11-20)37-15-21-23(32)27(2,34)25(38-21)30-13-12-22(31)29-26(30)41/h3-13,17,21,23,25,32,34H,14-16H2,1-2H3,(H,29,31,41)/t17-,21-,23+,25-,27?,40-/m1/s1. The van der Waals surface area contributed by atoms with Crippen LogP contribution < -0.4 is 10.1 Å². The number of hydrogen-bond donors (Lipinski definition) is 3. The van der Waals surface area contributed by atoms with Crippen LogP contribution in [-0.4, -0.2) is 56.3 Å². The van der Waals surface area contributed by atoms with E-state index in [0.29, 0.717) is 5.02 Å². The second-order valence-corrected chi connectivity index (χ2v) is 12.7. The molecular weight excluding hydrogens is 595 g/mol. The van der Waals surface area contributed by atoms with E-state index in [9.17, 15) is 24.4 Å². The van der Waals surface area contributed by atoms with Crippen molar-refractivity contribution in [2.45, 2.75) is 44.5 Å². The number of esters is 1. The molecule has 14 heteroatoms. The first-order valence-electron chi connectivity index (χ1n) is 12.6. The van der Waals surface area contributed by atoms with Crippen LogP contribution in [0.1, 0.15) is 25.6 Å². The van der Waals surface area contributed by atoms with Crippen molar-refractivity contribution < 1.29 is 38.1 Å². The third-order valence-corrected chi connectivity index (χ3v) is 9.07. The molecule has 0 bridgehead atoms. The molecular formula is C27H30ClN2O9PS. The molecule has 6 atom stereocenters. The van der Waals surface area contributed by atoms with Gasteiger partial charge in [-0.25, -0.2) is 4.57 Å². The quantitative estimate of drug-likeness (QED) is 0.161. The molecule has 0 amide bonds. The molecule has 11 nitrogen and oxygen atoms in total. The molecule has 1 unspecified atom stereocenters. The van der Waals surface area contributed by atoms with Crippen molar-refractivity contribution in [2.24, 2.45) is 5.92 Å². The molecule has 0 radical (unpaired) electrons. The van der Waals surface area contributed by atoms with Crippen LogP contribution in [0.3, 0.4) is 0 Å². The van der Waals surface area contributed by atoms with Crippen LogP contribution in [0, 0.1) is 10.7 Å². The second kappa shape index (κ2) is 13.0. The summed E-state index contributed by atoms with van der Waals surface area (Å²) in [5, 5.41) is 22.3. The zero-order chi connectivity index (χ0) is 29.8. The average Bonchev–Trinajstić information content (AvgIpc) is 3.16. The second-order valence-electron chi connectivity index (χ2n) is 9.84. The summed E-state index contributed by atoms with van der Waals surface area (Å²) in [6, 6.07) is 16.4. The highest BCUT2D eigenvalue weighted by atomic mass is 35.5. The van der Waals surface area contributed by atoms with Gasteiger partial charge in [0.1, 0.15) is 30.2 Å². The summed E-state index contributed by atoms with van der Waals surface area (Å²) in [5.41, 5.74) is -1.51. The Hall–Kier alpha value is -2.83. The van der Waals surface area contributed by atoms with Crippen LogP contribution in [0.5, 0.6) is 5.75 Å². The zero-order valence-electron chi connectivity index (χ0n) is 22.2. The van der Waals surface area contributed by atoms with Gasteiger partial charge < -0.3 is 24.2 Å². The molecule has 1 aliphatic rings. The van der Waals surface area contributed by atoms with E-state index in [1.165, 1.54) is 54.9 Å². The summed E-state index contributed by atoms with van der Waals surface area (Å²) < 4.78 is 37.9. The molecule has 1 saturated heterocycles. The van der Waals surface area contributed by atoms with Gasteiger partial charge in [0.2, 0.25) is 0 Å². The summed E-state index contributed by atoms with van der Waals surface area (Å²) in [4.78, 5) is 26.7. The number of carbonyl (C=O) groups is 1. The third-order valence-electron chi connectivity index (χ3n) is 6.48. The minimum Gasteiger partial charge on any atom is -0.461 e. The Labute approximate surface area is 246 Å². The lowest BCUT2D eigenvalue weighted by Gasteiger charge is -2.28. The summed E-state index contributed by atoms with van der Waals surface area (Å²) >= 11 is 11.1. The first-order valence-corrected chi connectivity index (χ1v) is 15.2. The van der Waals surface area contributed by atoms with Gasteiger partial charge in [-0.15, -0.1) is 0 Å². The summed E-state index contributed by atoms with van der Waals surface area (Å²) in [5.74, 6) is -1.31. The van der Waals surface area contributed by atoms with Gasteiger partial charge in [-0.3, -0.25) is 23.7 Å². The van der Waals surface area contributed by atoms with Crippen LogP contribution >= 0.6 is 31.4 Å². The number of rotatable bonds is 11. The molecule has 1 aliphatic heterocycles. The van der Waals surface area contributed by atoms with Crippen molar-refractivity contribution in [3.8, 4) is 5.75 Å². The number of aliphatic hydroxyl groups excluding tert-OH is 1. The molecule has 2 aromatic carbocycles. The van der Waals surface area contributed by atoms with Gasteiger partial charge >= 0.3 is 13.6 Å². The molecule has 1 aromatic heterocycles. The first-order chi connectivity index (χ1) is 19.4. The fraction of sp³-hybridized carbons (Fsp3) is 0.370. The highest BCUT2D eigenvalue weighted by Crippen LogP contribution is 2.51. The Balaban J connectivity index is 1.49. The lowest BCUT2D eigenvalue weighted by Crippen LogP contribution is -2.44. The number of aliphatic hydroxyl groups is 2. The Morgan fingerprint density at radius 3 is 2.56 bits per heavy atom. The number of carbonyl (C=O) groups excluding carboxylic acids is 1. The number of halogens is 1. The topological polar surface area (TPSA) is 149 Å². The Morgan fingerprint density at radius 1 is 1.22 bits per heavy atom. The average molecular weight is 625 g/mol. The predicted octanol–water partition coefficient (Wildman–Crippen LogP) is 4.24. The van der Waals surface area contributed by atoms with Gasteiger partial charge in [-0.05, 0) is 49.0 Å². The molecule has 41 heavy (non-hydrogen) atoms. The van der Waals surface area contributed by atoms with Gasteiger partial charge in [-0.1, -0.05) is 48.9 Å². The molecule has 2 heterocycles. The Kier molecular flexibility index (Phi) is 9.86. The fourth-order valence-electron chi connectivity index (χ4n) is 4.23. The minimum atomic E-state index is -4.08. The Bertz CT molecular complexity index is 1510. The van der Waals surface area contributed by atoms with E-state index in [4.69, 9.17) is 42.3 Å². The number of ether oxygens (including phenoxy) is 2. The number of H-pyrrole nitrogens is 1. The highest BCUT2D eigenvalue weighted by Gasteiger charge is 2.53. The van der Waals surface area contributed by atoms with Crippen molar-refractivity contribution in [2.75, 3.05) is 12.8 Å². The molecule has 0 aliphatic carbocycles. The molecule has 220 valence electrons. The molecule has 4 rings (SSSR count). The number of aromatic nitrogens is 2. The van der Waals surface area contributed by atoms with Crippen molar-refractivity contribution in [3.05, 3.63) is 92.6 Å². The largest absolute Gasteiger partial charge is 0.461 e. The molecule has 0 spiro atoms. The van der Waals surface area contributed by atoms with E-state index in [-0.39, 0.29) is 23.3 Å². The van der Waals surface area contributed by atoms with Crippen LogP contribution in [0.4, 0.5) is 0 Å². The number of nitrogens with zero attached hydrogens (tertiary/aromatic N) is 1. The van der Waals surface area contributed by atoms with Crippen molar-refractivity contribution in [1.82, 2.24) is 9.55 Å². The normalized spacial score (nSPS) is 24.4. The van der Waals surface area contributed by atoms with Crippen LogP contribution in [0.2, 0.25) is 5.02 Å². The van der Waals surface area contributed by atoms with E-state index >= 15 is 0 Å². The van der Waals surface area contributed by atoms with Crippen LogP contribution in [-0.2, 0) is 30.0 Å². The number of benzene rings is 2. The van der Waals surface area contributed by atoms with Crippen LogP contribution in [0.15, 0.2) is 71.7 Å². The van der Waals surface area contributed by atoms with Crippen molar-refractivity contribution >= 4 is 37.4 Å².